The number of rotatable bonds is 2. The van der Waals surface area contributed by atoms with Crippen molar-refractivity contribution in [1.29, 1.82) is 0 Å². The highest BCUT2D eigenvalue weighted by Gasteiger charge is 2.24. The number of carbonyl (C=O) groups is 1. The number of ether oxygens (including phenoxy) is 2. The number of likely N-dealkylation sites (N-methyl/N-ethyl adjacent to an activating group) is 1. The number of nitrogens with one attached hydrogen (secondary N) is 1. The number of hydrogen-bond donors (Lipinski definition) is 1. The number of hydrogen-bond acceptors (Lipinski definition) is 4. The molecule has 0 unspecified atom stereocenters. The smallest absolute Gasteiger partial charge is 0.264 e. The lowest BCUT2D eigenvalue weighted by atomic mass is 10.2. The number of fused-ring (bicyclic) bond motifs is 1. The molecule has 0 atom stereocenters. The van der Waals surface area contributed by atoms with Gasteiger partial charge in [0, 0.05) is 20.2 Å². The van der Waals surface area contributed by atoms with E-state index in [-0.39, 0.29) is 12.5 Å². The molecule has 2 rings (SSSR count). The van der Waals surface area contributed by atoms with E-state index >= 15 is 0 Å². The Labute approximate surface area is 93.9 Å². The fourth-order valence-corrected chi connectivity index (χ4v) is 1.66. The molecule has 5 heteroatoms. The molecule has 86 valence electrons. The van der Waals surface area contributed by atoms with Crippen LogP contribution >= 0.6 is 0 Å². The van der Waals surface area contributed by atoms with Gasteiger partial charge in [0.1, 0.15) is 11.5 Å². The normalized spacial score (nSPS) is 14.2. The molecule has 0 aliphatic carbocycles. The highest BCUT2D eigenvalue weighted by molar-refractivity contribution is 5.98. The molecule has 1 aliphatic rings. The van der Waals surface area contributed by atoms with Gasteiger partial charge >= 0.3 is 0 Å². The molecule has 0 saturated carbocycles. The van der Waals surface area contributed by atoms with E-state index in [0.717, 1.165) is 11.4 Å². The van der Waals surface area contributed by atoms with Gasteiger partial charge in [-0.15, -0.1) is 0 Å². The van der Waals surface area contributed by atoms with E-state index in [4.69, 9.17) is 9.47 Å². The van der Waals surface area contributed by atoms with Crippen molar-refractivity contribution in [2.24, 2.45) is 0 Å². The molecule has 5 nitrogen and oxygen atoms in total. The monoisotopic (exact) mass is 222 g/mol. The summed E-state index contributed by atoms with van der Waals surface area (Å²) < 4.78 is 10.6. The van der Waals surface area contributed by atoms with Gasteiger partial charge in [0.2, 0.25) is 0 Å². The molecule has 0 radical (unpaired) electrons. The van der Waals surface area contributed by atoms with Crippen LogP contribution in [0.25, 0.3) is 0 Å². The zero-order valence-corrected chi connectivity index (χ0v) is 9.53. The number of amides is 1. The van der Waals surface area contributed by atoms with Crippen molar-refractivity contribution in [3.63, 3.8) is 0 Å². The lowest BCUT2D eigenvalue weighted by Crippen LogP contribution is -2.35. The van der Waals surface area contributed by atoms with Gasteiger partial charge in [-0.25, -0.2) is 0 Å². The van der Waals surface area contributed by atoms with Crippen molar-refractivity contribution in [1.82, 2.24) is 0 Å². The van der Waals surface area contributed by atoms with Crippen molar-refractivity contribution in [3.05, 3.63) is 12.1 Å². The predicted octanol–water partition coefficient (Wildman–Crippen LogP) is 1.09. The summed E-state index contributed by atoms with van der Waals surface area (Å²) in [6.45, 7) is 0.0750. The molecule has 0 bridgehead atoms. The lowest BCUT2D eigenvalue weighted by molar-refractivity contribution is -0.120. The van der Waals surface area contributed by atoms with Crippen LogP contribution in [0.1, 0.15) is 0 Å². The van der Waals surface area contributed by atoms with Crippen molar-refractivity contribution in [2.75, 3.05) is 38.0 Å². The maximum Gasteiger partial charge on any atom is 0.264 e. The fourth-order valence-electron chi connectivity index (χ4n) is 1.66. The number of methoxy groups -OCH3 is 1. The number of carbonyl (C=O) groups excluding carboxylic acids is 1. The Balaban J connectivity index is 2.52. The Morgan fingerprint density at radius 1 is 1.50 bits per heavy atom. The molecule has 0 saturated heterocycles. The second-order valence-corrected chi connectivity index (χ2v) is 3.51. The summed E-state index contributed by atoms with van der Waals surface area (Å²) >= 11 is 0. The Bertz CT molecular complexity index is 431. The zero-order chi connectivity index (χ0) is 11.7. The number of anilines is 2. The lowest BCUT2D eigenvalue weighted by Gasteiger charge is -2.27. The van der Waals surface area contributed by atoms with Gasteiger partial charge in [-0.05, 0) is 6.07 Å². The summed E-state index contributed by atoms with van der Waals surface area (Å²) in [5, 5.41) is 3.01. The Hall–Kier alpha value is -1.91. The average Bonchev–Trinajstić information content (AvgIpc) is 2.32. The van der Waals surface area contributed by atoms with E-state index in [0.29, 0.717) is 11.5 Å². The second kappa shape index (κ2) is 3.92. The van der Waals surface area contributed by atoms with Crippen molar-refractivity contribution in [3.8, 4) is 11.5 Å². The maximum atomic E-state index is 11.5. The summed E-state index contributed by atoms with van der Waals surface area (Å²) in [6, 6.07) is 3.62. The molecule has 16 heavy (non-hydrogen) atoms. The topological polar surface area (TPSA) is 50.8 Å². The fraction of sp³-hybridized carbons (Fsp3) is 0.364. The first-order chi connectivity index (χ1) is 7.67. The standard InChI is InChI=1S/C11H14N2O3/c1-12-7-4-8-10(5-9(7)15-3)16-6-11(14)13(8)2/h4-5,12H,6H2,1-3H3. The predicted molar refractivity (Wildman–Crippen MR) is 61.4 cm³/mol. The van der Waals surface area contributed by atoms with Crippen LogP contribution in [0.5, 0.6) is 11.5 Å². The van der Waals surface area contributed by atoms with Gasteiger partial charge in [0.15, 0.2) is 6.61 Å². The highest BCUT2D eigenvalue weighted by Crippen LogP contribution is 2.39. The third-order valence-electron chi connectivity index (χ3n) is 2.64. The van der Waals surface area contributed by atoms with Crippen LogP contribution < -0.4 is 19.7 Å². The largest absolute Gasteiger partial charge is 0.494 e. The summed E-state index contributed by atoms with van der Waals surface area (Å²) in [4.78, 5) is 13.0. The molecule has 1 aliphatic heterocycles. The van der Waals surface area contributed by atoms with E-state index < -0.39 is 0 Å². The SMILES string of the molecule is CNc1cc2c(cc1OC)OCC(=O)N2C. The first-order valence-electron chi connectivity index (χ1n) is 4.96. The zero-order valence-electron chi connectivity index (χ0n) is 9.53. The van der Waals surface area contributed by atoms with Gasteiger partial charge < -0.3 is 19.7 Å². The summed E-state index contributed by atoms with van der Waals surface area (Å²) in [7, 11) is 5.13. The molecule has 1 amide bonds. The Kier molecular flexibility index (Phi) is 2.60. The average molecular weight is 222 g/mol. The summed E-state index contributed by atoms with van der Waals surface area (Å²) in [6.07, 6.45) is 0. The molecule has 0 spiro atoms. The Morgan fingerprint density at radius 3 is 2.88 bits per heavy atom. The van der Waals surface area contributed by atoms with Gasteiger partial charge in [-0.1, -0.05) is 0 Å². The minimum Gasteiger partial charge on any atom is -0.494 e. The van der Waals surface area contributed by atoms with Crippen LogP contribution in [0.4, 0.5) is 11.4 Å². The summed E-state index contributed by atoms with van der Waals surface area (Å²) in [5.74, 6) is 1.31. The van der Waals surface area contributed by atoms with Crippen molar-refractivity contribution < 1.29 is 14.3 Å². The highest BCUT2D eigenvalue weighted by atomic mass is 16.5. The molecule has 1 aromatic carbocycles. The third kappa shape index (κ3) is 1.54. The number of benzene rings is 1. The van der Waals surface area contributed by atoms with E-state index in [1.165, 1.54) is 0 Å². The van der Waals surface area contributed by atoms with Crippen LogP contribution in [0, 0.1) is 0 Å². The molecular formula is C11H14N2O3. The van der Waals surface area contributed by atoms with Crippen LogP contribution in [-0.4, -0.2) is 33.7 Å². The number of nitrogens with zero attached hydrogens (tertiary/aromatic N) is 1. The van der Waals surface area contributed by atoms with Gasteiger partial charge in [0.25, 0.3) is 5.91 Å². The van der Waals surface area contributed by atoms with Gasteiger partial charge in [-0.3, -0.25) is 4.79 Å². The first kappa shape index (κ1) is 10.6. The van der Waals surface area contributed by atoms with Crippen LogP contribution in [0.2, 0.25) is 0 Å². The molecule has 0 fully saturated rings. The molecule has 0 aromatic heterocycles. The molecule has 1 heterocycles. The molecule has 1 N–H and O–H groups in total. The van der Waals surface area contributed by atoms with E-state index in [1.54, 1.807) is 32.2 Å². The minimum absolute atomic E-state index is 0.0558. The van der Waals surface area contributed by atoms with Crippen LogP contribution in [0.3, 0.4) is 0 Å². The summed E-state index contributed by atoms with van der Waals surface area (Å²) in [5.41, 5.74) is 1.58. The van der Waals surface area contributed by atoms with E-state index in [9.17, 15) is 4.79 Å². The van der Waals surface area contributed by atoms with Gasteiger partial charge in [-0.2, -0.15) is 0 Å². The van der Waals surface area contributed by atoms with Crippen LogP contribution in [0.15, 0.2) is 12.1 Å². The molecule has 1 aromatic rings. The first-order valence-corrected chi connectivity index (χ1v) is 4.96. The van der Waals surface area contributed by atoms with Crippen LogP contribution in [-0.2, 0) is 4.79 Å². The van der Waals surface area contributed by atoms with E-state index in [2.05, 4.69) is 5.32 Å². The minimum atomic E-state index is -0.0558. The third-order valence-corrected chi connectivity index (χ3v) is 2.64. The molecular weight excluding hydrogens is 208 g/mol. The Morgan fingerprint density at radius 2 is 2.25 bits per heavy atom. The second-order valence-electron chi connectivity index (χ2n) is 3.51. The van der Waals surface area contributed by atoms with E-state index in [1.807, 2.05) is 6.07 Å². The van der Waals surface area contributed by atoms with Crippen molar-refractivity contribution in [2.45, 2.75) is 0 Å². The quantitative estimate of drug-likeness (QED) is 0.813. The van der Waals surface area contributed by atoms with Gasteiger partial charge in [0.05, 0.1) is 18.5 Å². The van der Waals surface area contributed by atoms with Crippen molar-refractivity contribution >= 4 is 17.3 Å². The maximum absolute atomic E-state index is 11.5.